The second kappa shape index (κ2) is 11.2. The first-order valence-corrected chi connectivity index (χ1v) is 10.4. The highest BCUT2D eigenvalue weighted by Crippen LogP contribution is 2.38. The molecule has 33 heavy (non-hydrogen) atoms. The monoisotopic (exact) mass is 451 g/mol. The van der Waals surface area contributed by atoms with Crippen molar-refractivity contribution in [2.45, 2.75) is 6.04 Å². The van der Waals surface area contributed by atoms with E-state index in [1.54, 1.807) is 18.2 Å². The molecule has 1 amide bonds. The van der Waals surface area contributed by atoms with Gasteiger partial charge in [-0.3, -0.25) is 9.59 Å². The van der Waals surface area contributed by atoms with Gasteiger partial charge in [-0.25, -0.2) is 4.79 Å². The SMILES string of the molecule is COC(=O)c1ccc(C2C(C(=O)/C=C/c3ccccc3)=C(O)C(=O)N2CCOCCO)cc1. The van der Waals surface area contributed by atoms with E-state index in [-0.39, 0.29) is 31.9 Å². The first-order valence-electron chi connectivity index (χ1n) is 10.4. The Kier molecular flexibility index (Phi) is 8.12. The lowest BCUT2D eigenvalue weighted by Gasteiger charge is -2.26. The number of allylic oxidation sites excluding steroid dienone is 1. The van der Waals surface area contributed by atoms with E-state index in [0.717, 1.165) is 5.56 Å². The van der Waals surface area contributed by atoms with Gasteiger partial charge in [-0.2, -0.15) is 0 Å². The van der Waals surface area contributed by atoms with Gasteiger partial charge in [0.15, 0.2) is 11.5 Å². The molecule has 1 aliphatic rings. The third-order valence-corrected chi connectivity index (χ3v) is 5.16. The van der Waals surface area contributed by atoms with Crippen LogP contribution in [0.1, 0.15) is 27.5 Å². The molecule has 2 aromatic rings. The van der Waals surface area contributed by atoms with Crippen LogP contribution in [0.4, 0.5) is 0 Å². The molecule has 2 aromatic carbocycles. The number of benzene rings is 2. The van der Waals surface area contributed by atoms with Gasteiger partial charge in [-0.05, 0) is 29.3 Å². The zero-order chi connectivity index (χ0) is 23.8. The van der Waals surface area contributed by atoms with Crippen LogP contribution in [0.25, 0.3) is 6.08 Å². The van der Waals surface area contributed by atoms with Crippen LogP contribution in [-0.4, -0.2) is 66.2 Å². The Labute approximate surface area is 191 Å². The molecular formula is C25H25NO7. The Balaban J connectivity index is 1.94. The number of esters is 1. The van der Waals surface area contributed by atoms with Crippen molar-refractivity contribution in [1.29, 1.82) is 0 Å². The molecule has 0 saturated carbocycles. The number of ketones is 1. The molecule has 0 aliphatic carbocycles. The molecule has 0 fully saturated rings. The summed E-state index contributed by atoms with van der Waals surface area (Å²) in [6.07, 6.45) is 2.92. The fourth-order valence-electron chi connectivity index (χ4n) is 3.56. The number of ether oxygens (including phenoxy) is 2. The highest BCUT2D eigenvalue weighted by atomic mass is 16.5. The lowest BCUT2D eigenvalue weighted by Crippen LogP contribution is -2.34. The number of hydrogen-bond acceptors (Lipinski definition) is 7. The summed E-state index contributed by atoms with van der Waals surface area (Å²) in [7, 11) is 1.27. The van der Waals surface area contributed by atoms with Gasteiger partial charge in [0.1, 0.15) is 0 Å². The zero-order valence-electron chi connectivity index (χ0n) is 18.1. The summed E-state index contributed by atoms with van der Waals surface area (Å²) in [4.78, 5) is 39.0. The average molecular weight is 451 g/mol. The van der Waals surface area contributed by atoms with Crippen molar-refractivity contribution >= 4 is 23.7 Å². The molecule has 0 aromatic heterocycles. The van der Waals surface area contributed by atoms with E-state index in [0.29, 0.717) is 11.1 Å². The van der Waals surface area contributed by atoms with Crippen LogP contribution in [0.2, 0.25) is 0 Å². The van der Waals surface area contributed by atoms with E-state index in [1.165, 1.54) is 30.2 Å². The molecule has 172 valence electrons. The second-order valence-corrected chi connectivity index (χ2v) is 7.22. The molecule has 8 nitrogen and oxygen atoms in total. The maximum absolute atomic E-state index is 13.1. The van der Waals surface area contributed by atoms with Crippen LogP contribution in [0, 0.1) is 0 Å². The highest BCUT2D eigenvalue weighted by molar-refractivity contribution is 6.14. The number of carbonyl (C=O) groups excluding carboxylic acids is 3. The molecular weight excluding hydrogens is 426 g/mol. The number of amides is 1. The van der Waals surface area contributed by atoms with Crippen LogP contribution < -0.4 is 0 Å². The predicted octanol–water partition coefficient (Wildman–Crippen LogP) is 2.46. The topological polar surface area (TPSA) is 113 Å². The van der Waals surface area contributed by atoms with Crippen molar-refractivity contribution in [1.82, 2.24) is 4.90 Å². The van der Waals surface area contributed by atoms with Crippen LogP contribution in [0.5, 0.6) is 0 Å². The molecule has 0 radical (unpaired) electrons. The van der Waals surface area contributed by atoms with Gasteiger partial charge in [0, 0.05) is 6.54 Å². The number of aliphatic hydroxyl groups excluding tert-OH is 2. The van der Waals surface area contributed by atoms with Gasteiger partial charge in [0.05, 0.1) is 44.1 Å². The highest BCUT2D eigenvalue weighted by Gasteiger charge is 2.42. The maximum Gasteiger partial charge on any atom is 0.337 e. The third kappa shape index (κ3) is 5.54. The van der Waals surface area contributed by atoms with E-state index >= 15 is 0 Å². The number of methoxy groups -OCH3 is 1. The van der Waals surface area contributed by atoms with Crippen molar-refractivity contribution in [3.63, 3.8) is 0 Å². The van der Waals surface area contributed by atoms with E-state index in [9.17, 15) is 19.5 Å². The Morgan fingerprint density at radius 3 is 2.39 bits per heavy atom. The number of carbonyl (C=O) groups is 3. The normalized spacial score (nSPS) is 16.0. The Morgan fingerprint density at radius 2 is 1.76 bits per heavy atom. The molecule has 1 heterocycles. The molecule has 1 unspecified atom stereocenters. The van der Waals surface area contributed by atoms with Crippen LogP contribution in [0.15, 0.2) is 72.0 Å². The number of hydrogen-bond donors (Lipinski definition) is 2. The smallest absolute Gasteiger partial charge is 0.337 e. The van der Waals surface area contributed by atoms with Crippen molar-refractivity contribution < 1.29 is 34.1 Å². The summed E-state index contributed by atoms with van der Waals surface area (Å²) in [6.45, 7) is 0.137. The van der Waals surface area contributed by atoms with Crippen molar-refractivity contribution in [3.05, 3.63) is 88.7 Å². The van der Waals surface area contributed by atoms with Crippen LogP contribution in [0.3, 0.4) is 0 Å². The fraction of sp³-hybridized carbons (Fsp3) is 0.240. The molecule has 1 atom stereocenters. The standard InChI is InChI=1S/C25H25NO7/c1-32-25(31)19-10-8-18(9-11-19)22-21(20(28)12-7-17-5-3-2-4-6-17)23(29)24(30)26(22)13-15-33-16-14-27/h2-12,22,27,29H,13-16H2,1H3/b12-7+. The third-order valence-electron chi connectivity index (χ3n) is 5.16. The van der Waals surface area contributed by atoms with Gasteiger partial charge in [0.25, 0.3) is 5.91 Å². The number of aliphatic hydroxyl groups is 2. The molecule has 8 heteroatoms. The lowest BCUT2D eigenvalue weighted by molar-refractivity contribution is -0.130. The molecule has 3 rings (SSSR count). The molecule has 0 saturated heterocycles. The minimum atomic E-state index is -0.866. The lowest BCUT2D eigenvalue weighted by atomic mass is 9.95. The average Bonchev–Trinajstić information content (AvgIpc) is 3.10. The molecule has 2 N–H and O–H groups in total. The fourth-order valence-corrected chi connectivity index (χ4v) is 3.56. The predicted molar refractivity (Wildman–Crippen MR) is 120 cm³/mol. The largest absolute Gasteiger partial charge is 0.503 e. The Hall–Kier alpha value is -3.75. The van der Waals surface area contributed by atoms with Crippen molar-refractivity contribution in [2.75, 3.05) is 33.5 Å². The summed E-state index contributed by atoms with van der Waals surface area (Å²) in [5.41, 5.74) is 1.59. The van der Waals surface area contributed by atoms with Crippen molar-refractivity contribution in [2.24, 2.45) is 0 Å². The first kappa shape index (κ1) is 23.9. The van der Waals surface area contributed by atoms with Crippen LogP contribution >= 0.6 is 0 Å². The van der Waals surface area contributed by atoms with Crippen LogP contribution in [-0.2, 0) is 19.1 Å². The van der Waals surface area contributed by atoms with E-state index in [1.807, 2.05) is 30.3 Å². The second-order valence-electron chi connectivity index (χ2n) is 7.22. The van der Waals surface area contributed by atoms with Gasteiger partial charge >= 0.3 is 5.97 Å². The minimum Gasteiger partial charge on any atom is -0.503 e. The number of nitrogens with zero attached hydrogens (tertiary/aromatic N) is 1. The Morgan fingerprint density at radius 1 is 1.06 bits per heavy atom. The summed E-state index contributed by atoms with van der Waals surface area (Å²) >= 11 is 0. The first-order chi connectivity index (χ1) is 16.0. The summed E-state index contributed by atoms with van der Waals surface area (Å²) in [5, 5.41) is 19.5. The molecule has 1 aliphatic heterocycles. The van der Waals surface area contributed by atoms with Gasteiger partial charge < -0.3 is 24.6 Å². The number of rotatable bonds is 10. The minimum absolute atomic E-state index is 0.0554. The summed E-state index contributed by atoms with van der Waals surface area (Å²) in [5.74, 6) is -2.34. The zero-order valence-corrected chi connectivity index (χ0v) is 18.1. The maximum atomic E-state index is 13.1. The van der Waals surface area contributed by atoms with E-state index in [4.69, 9.17) is 14.6 Å². The van der Waals surface area contributed by atoms with E-state index < -0.39 is 29.5 Å². The van der Waals surface area contributed by atoms with Gasteiger partial charge in [0.2, 0.25) is 0 Å². The van der Waals surface area contributed by atoms with Gasteiger partial charge in [-0.15, -0.1) is 0 Å². The molecule has 0 spiro atoms. The summed E-state index contributed by atoms with van der Waals surface area (Å²) < 4.78 is 9.99. The quantitative estimate of drug-likeness (QED) is 0.324. The molecule has 0 bridgehead atoms. The van der Waals surface area contributed by atoms with Crippen molar-refractivity contribution in [3.8, 4) is 0 Å². The Bertz CT molecular complexity index is 1060. The summed E-state index contributed by atoms with van der Waals surface area (Å²) in [6, 6.07) is 14.6. The van der Waals surface area contributed by atoms with E-state index in [2.05, 4.69) is 0 Å². The van der Waals surface area contributed by atoms with Gasteiger partial charge in [-0.1, -0.05) is 48.5 Å².